The second-order valence-electron chi connectivity index (χ2n) is 18.0. The van der Waals surface area contributed by atoms with Crippen molar-refractivity contribution in [1.82, 2.24) is 0 Å². The lowest BCUT2D eigenvalue weighted by Crippen LogP contribution is -2.30. The standard InChI is InChI=1S/C60H42S4/c1-35-9-17-41(18-10-35)59(42-19-11-36(2)12-20-42)49-31-48-46-28-40-30-58(54-8-6-26-62-54)64-56(40)34-52(46)60(43-21-13-37(3)14-22-43,44-23-15-38(4)16-24-44)50(48)32-47(49)45-27-39-29-57(53-7-5-25-61-53)63-55(39)33-51(45)59/h5-34H,1-4H3. The number of hydrogen-bond acceptors (Lipinski definition) is 4. The molecule has 0 unspecified atom stereocenters. The first-order chi connectivity index (χ1) is 31.3. The van der Waals surface area contributed by atoms with E-state index < -0.39 is 10.8 Å². The first-order valence-corrected chi connectivity index (χ1v) is 25.4. The van der Waals surface area contributed by atoms with Crippen LogP contribution < -0.4 is 0 Å². The van der Waals surface area contributed by atoms with Crippen LogP contribution in [0.15, 0.2) is 181 Å². The van der Waals surface area contributed by atoms with Crippen LogP contribution in [0.1, 0.15) is 66.8 Å². The third kappa shape index (κ3) is 5.44. The van der Waals surface area contributed by atoms with Gasteiger partial charge in [-0.3, -0.25) is 0 Å². The molecule has 306 valence electrons. The molecule has 0 N–H and O–H groups in total. The Kier molecular flexibility index (Phi) is 8.49. The highest BCUT2D eigenvalue weighted by atomic mass is 32.1. The molecule has 2 aliphatic carbocycles. The molecule has 0 spiro atoms. The van der Waals surface area contributed by atoms with Crippen molar-refractivity contribution >= 4 is 65.5 Å². The fourth-order valence-corrected chi connectivity index (χ4v) is 14.9. The second kappa shape index (κ2) is 14.2. The van der Waals surface area contributed by atoms with Crippen molar-refractivity contribution in [3.8, 4) is 41.8 Å². The Labute approximate surface area is 390 Å². The molecule has 0 bridgehead atoms. The van der Waals surface area contributed by atoms with Gasteiger partial charge in [0.25, 0.3) is 0 Å². The maximum Gasteiger partial charge on any atom is 0.0714 e. The molecule has 0 saturated heterocycles. The summed E-state index contributed by atoms with van der Waals surface area (Å²) in [5.41, 5.74) is 19.8. The number of thiophene rings is 4. The second-order valence-corrected chi connectivity index (χ2v) is 22.0. The zero-order valence-electron chi connectivity index (χ0n) is 36.0. The minimum atomic E-state index is -0.555. The summed E-state index contributed by atoms with van der Waals surface area (Å²) in [6.07, 6.45) is 0. The summed E-state index contributed by atoms with van der Waals surface area (Å²) in [5, 5.41) is 6.98. The molecule has 11 aromatic rings. The van der Waals surface area contributed by atoms with Crippen LogP contribution in [0.3, 0.4) is 0 Å². The quantitative estimate of drug-likeness (QED) is 0.156. The third-order valence-electron chi connectivity index (χ3n) is 14.1. The SMILES string of the molecule is Cc1ccc(C2(c3ccc(C)cc3)c3cc4c(cc3-c3cc5cc(-c6cccs6)sc5cc32)C(c2ccc(C)cc2)(c2ccc(C)cc2)c2cc3sc(-c5cccs5)cc3cc2-4)cc1. The van der Waals surface area contributed by atoms with E-state index in [1.165, 1.54) is 129 Å². The Hall–Kier alpha value is -6.14. The zero-order chi connectivity index (χ0) is 42.9. The molecule has 0 amide bonds. The van der Waals surface area contributed by atoms with E-state index in [4.69, 9.17) is 0 Å². The summed E-state index contributed by atoms with van der Waals surface area (Å²) in [4.78, 5) is 5.30. The number of aryl methyl sites for hydroxylation is 4. The summed E-state index contributed by atoms with van der Waals surface area (Å²) >= 11 is 7.48. The average Bonchev–Trinajstić information content (AvgIpc) is 4.18. The number of benzene rings is 7. The van der Waals surface area contributed by atoms with Crippen LogP contribution in [0.25, 0.3) is 61.9 Å². The Bertz CT molecular complexity index is 3260. The van der Waals surface area contributed by atoms with Crippen LogP contribution in [0.5, 0.6) is 0 Å². The smallest absolute Gasteiger partial charge is 0.0714 e. The van der Waals surface area contributed by atoms with Gasteiger partial charge in [-0.2, -0.15) is 0 Å². The first kappa shape index (κ1) is 38.3. The van der Waals surface area contributed by atoms with E-state index in [-0.39, 0.29) is 0 Å². The van der Waals surface area contributed by atoms with Gasteiger partial charge >= 0.3 is 0 Å². The average molecular weight is 891 g/mol. The Morgan fingerprint density at radius 2 is 0.625 bits per heavy atom. The number of hydrogen-bond donors (Lipinski definition) is 0. The van der Waals surface area contributed by atoms with E-state index in [0.717, 1.165) is 0 Å². The fourth-order valence-electron chi connectivity index (χ4n) is 11.1. The highest BCUT2D eigenvalue weighted by Gasteiger charge is 2.52. The molecular weight excluding hydrogens is 849 g/mol. The molecule has 4 heteroatoms. The lowest BCUT2D eigenvalue weighted by molar-refractivity contribution is 0.759. The lowest BCUT2D eigenvalue weighted by atomic mass is 9.65. The molecule has 4 heterocycles. The predicted octanol–water partition coefficient (Wildman–Crippen LogP) is 17.5. The minimum Gasteiger partial charge on any atom is -0.143 e. The van der Waals surface area contributed by atoms with E-state index in [0.29, 0.717) is 0 Å². The van der Waals surface area contributed by atoms with Gasteiger partial charge in [-0.25, -0.2) is 0 Å². The normalized spacial score (nSPS) is 14.2. The van der Waals surface area contributed by atoms with Crippen LogP contribution in [0.2, 0.25) is 0 Å². The molecule has 2 aliphatic rings. The van der Waals surface area contributed by atoms with E-state index >= 15 is 0 Å². The predicted molar refractivity (Wildman–Crippen MR) is 277 cm³/mol. The van der Waals surface area contributed by atoms with Crippen molar-refractivity contribution in [2.75, 3.05) is 0 Å². The van der Waals surface area contributed by atoms with Crippen molar-refractivity contribution in [3.63, 3.8) is 0 Å². The Morgan fingerprint density at radius 3 is 0.938 bits per heavy atom. The van der Waals surface area contributed by atoms with Crippen LogP contribution in [-0.4, -0.2) is 0 Å². The van der Waals surface area contributed by atoms with E-state index in [1.54, 1.807) is 0 Å². The number of fused-ring (bicyclic) bond motifs is 8. The molecule has 64 heavy (non-hydrogen) atoms. The topological polar surface area (TPSA) is 0 Å². The van der Waals surface area contributed by atoms with Crippen LogP contribution in [-0.2, 0) is 10.8 Å². The highest BCUT2D eigenvalue weighted by molar-refractivity contribution is 7.26. The molecule has 0 fully saturated rings. The molecule has 7 aromatic carbocycles. The summed E-state index contributed by atoms with van der Waals surface area (Å²) in [7, 11) is 0. The van der Waals surface area contributed by atoms with Crippen LogP contribution in [0.4, 0.5) is 0 Å². The van der Waals surface area contributed by atoms with Crippen molar-refractivity contribution in [1.29, 1.82) is 0 Å². The van der Waals surface area contributed by atoms with Crippen molar-refractivity contribution in [2.24, 2.45) is 0 Å². The summed E-state index contributed by atoms with van der Waals surface area (Å²) in [5.74, 6) is 0. The monoisotopic (exact) mass is 890 g/mol. The van der Waals surface area contributed by atoms with Gasteiger partial charge in [0.1, 0.15) is 0 Å². The van der Waals surface area contributed by atoms with Crippen molar-refractivity contribution in [2.45, 2.75) is 38.5 Å². The molecule has 0 nitrogen and oxygen atoms in total. The highest BCUT2D eigenvalue weighted by Crippen LogP contribution is 2.64. The molecule has 4 aromatic heterocycles. The van der Waals surface area contributed by atoms with Crippen molar-refractivity contribution in [3.05, 3.63) is 247 Å². The molecule has 0 aliphatic heterocycles. The van der Waals surface area contributed by atoms with Gasteiger partial charge < -0.3 is 0 Å². The largest absolute Gasteiger partial charge is 0.143 e. The summed E-state index contributed by atoms with van der Waals surface area (Å²) in [6, 6.07) is 66.8. The van der Waals surface area contributed by atoms with E-state index in [9.17, 15) is 0 Å². The minimum absolute atomic E-state index is 0.555. The summed E-state index contributed by atoms with van der Waals surface area (Å²) < 4.78 is 2.65. The van der Waals surface area contributed by atoms with Gasteiger partial charge in [-0.15, -0.1) is 45.3 Å². The molecule has 0 atom stereocenters. The van der Waals surface area contributed by atoms with Gasteiger partial charge in [-0.05, 0) is 177 Å². The van der Waals surface area contributed by atoms with Gasteiger partial charge in [0.15, 0.2) is 0 Å². The van der Waals surface area contributed by atoms with Crippen LogP contribution >= 0.6 is 45.3 Å². The Balaban J connectivity index is 1.19. The molecule has 0 radical (unpaired) electrons. The molecule has 13 rings (SSSR count). The van der Waals surface area contributed by atoms with E-state index in [2.05, 4.69) is 208 Å². The lowest BCUT2D eigenvalue weighted by Gasteiger charge is -2.36. The first-order valence-electron chi connectivity index (χ1n) is 22.0. The maximum absolute atomic E-state index is 2.64. The zero-order valence-corrected chi connectivity index (χ0v) is 39.2. The van der Waals surface area contributed by atoms with Gasteiger partial charge in [0, 0.05) is 28.9 Å². The molecule has 0 saturated carbocycles. The van der Waals surface area contributed by atoms with Crippen molar-refractivity contribution < 1.29 is 0 Å². The fraction of sp³-hybridized carbons (Fsp3) is 0.100. The van der Waals surface area contributed by atoms with E-state index in [1.807, 2.05) is 45.3 Å². The molecular formula is C60H42S4. The number of rotatable bonds is 6. The van der Waals surface area contributed by atoms with Gasteiger partial charge in [0.05, 0.1) is 10.8 Å². The Morgan fingerprint density at radius 1 is 0.312 bits per heavy atom. The summed E-state index contributed by atoms with van der Waals surface area (Å²) in [6.45, 7) is 8.81. The van der Waals surface area contributed by atoms with Gasteiger partial charge in [0.2, 0.25) is 0 Å². The van der Waals surface area contributed by atoms with Crippen LogP contribution in [0, 0.1) is 27.7 Å². The maximum atomic E-state index is 2.64. The van der Waals surface area contributed by atoms with Gasteiger partial charge in [-0.1, -0.05) is 131 Å². The third-order valence-corrected chi connectivity index (χ3v) is 18.5.